The Balaban J connectivity index is 1.91. The van der Waals surface area contributed by atoms with Crippen molar-refractivity contribution in [1.29, 1.82) is 0 Å². The molecule has 14 heavy (non-hydrogen) atoms. The summed E-state index contributed by atoms with van der Waals surface area (Å²) in [5, 5.41) is 0. The van der Waals surface area contributed by atoms with E-state index in [4.69, 9.17) is 0 Å². The molecule has 2 fully saturated rings. The van der Waals surface area contributed by atoms with E-state index in [1.54, 1.807) is 6.20 Å². The number of hydrogen-bond donors (Lipinski definition) is 0. The Hall–Kier alpha value is -1.38. The lowest BCUT2D eigenvalue weighted by Gasteiger charge is -2.19. The van der Waals surface area contributed by atoms with Gasteiger partial charge >= 0.3 is 0 Å². The third kappa shape index (κ3) is 1.12. The average molecular weight is 188 g/mol. The topological polar surface area (TPSA) is 33.2 Å². The van der Waals surface area contributed by atoms with Gasteiger partial charge in [0, 0.05) is 19.3 Å². The van der Waals surface area contributed by atoms with Crippen molar-refractivity contribution in [3.63, 3.8) is 0 Å². The quantitative estimate of drug-likeness (QED) is 0.657. The number of rotatable bonds is 2. The highest BCUT2D eigenvalue weighted by Gasteiger charge is 2.45. The Morgan fingerprint density at radius 2 is 2.21 bits per heavy atom. The maximum absolute atomic E-state index is 10.8. The van der Waals surface area contributed by atoms with E-state index in [1.165, 1.54) is 6.42 Å². The van der Waals surface area contributed by atoms with Crippen molar-refractivity contribution in [2.75, 3.05) is 18.0 Å². The van der Waals surface area contributed by atoms with Crippen molar-refractivity contribution < 1.29 is 4.79 Å². The van der Waals surface area contributed by atoms with Gasteiger partial charge < -0.3 is 4.90 Å². The predicted molar refractivity (Wildman–Crippen MR) is 53.4 cm³/mol. The van der Waals surface area contributed by atoms with Gasteiger partial charge in [-0.05, 0) is 30.4 Å². The zero-order chi connectivity index (χ0) is 9.54. The molecule has 72 valence electrons. The molecule has 2 atom stereocenters. The van der Waals surface area contributed by atoms with Gasteiger partial charge in [-0.1, -0.05) is 0 Å². The largest absolute Gasteiger partial charge is 0.355 e. The van der Waals surface area contributed by atoms with Crippen LogP contribution in [0.2, 0.25) is 0 Å². The fourth-order valence-corrected chi connectivity index (χ4v) is 2.34. The molecule has 1 aliphatic carbocycles. The van der Waals surface area contributed by atoms with E-state index in [0.717, 1.165) is 37.0 Å². The lowest BCUT2D eigenvalue weighted by molar-refractivity contribution is 0.112. The van der Waals surface area contributed by atoms with Crippen molar-refractivity contribution in [3.8, 4) is 0 Å². The Kier molecular flexibility index (Phi) is 1.60. The summed E-state index contributed by atoms with van der Waals surface area (Å²) in [6, 6.07) is 3.64. The first-order valence-corrected chi connectivity index (χ1v) is 5.03. The first-order chi connectivity index (χ1) is 6.88. The van der Waals surface area contributed by atoms with Crippen LogP contribution in [0.15, 0.2) is 18.3 Å². The molecule has 0 radical (unpaired) electrons. The standard InChI is InChI=1S/C11H12N2O/c14-7-8-2-1-3-12-11(8)13-5-9-4-10(9)6-13/h1-3,7,9-10H,4-6H2. The second-order valence-corrected chi connectivity index (χ2v) is 4.19. The van der Waals surface area contributed by atoms with Gasteiger partial charge in [-0.3, -0.25) is 4.79 Å². The predicted octanol–water partition coefficient (Wildman–Crippen LogP) is 1.35. The van der Waals surface area contributed by atoms with Crippen LogP contribution in [0, 0.1) is 11.8 Å². The van der Waals surface area contributed by atoms with Gasteiger partial charge in [0.05, 0.1) is 5.56 Å². The summed E-state index contributed by atoms with van der Waals surface area (Å²) in [4.78, 5) is 17.3. The van der Waals surface area contributed by atoms with Gasteiger partial charge in [-0.15, -0.1) is 0 Å². The number of hydrogen-bond acceptors (Lipinski definition) is 3. The highest BCUT2D eigenvalue weighted by atomic mass is 16.1. The molecule has 2 aliphatic rings. The molecule has 0 N–H and O–H groups in total. The first kappa shape index (κ1) is 7.97. The number of carbonyl (C=O) groups is 1. The molecular formula is C11H12N2O. The fourth-order valence-electron chi connectivity index (χ4n) is 2.34. The molecule has 1 aromatic heterocycles. The zero-order valence-electron chi connectivity index (χ0n) is 7.89. The summed E-state index contributed by atoms with van der Waals surface area (Å²) in [6.07, 6.45) is 4.03. The Bertz CT molecular complexity index is 367. The number of nitrogens with zero attached hydrogens (tertiary/aromatic N) is 2. The molecule has 0 amide bonds. The maximum Gasteiger partial charge on any atom is 0.153 e. The molecule has 2 unspecified atom stereocenters. The lowest BCUT2D eigenvalue weighted by atomic mass is 10.2. The SMILES string of the molecule is O=Cc1cccnc1N1CC2CC2C1. The molecule has 1 saturated heterocycles. The van der Waals surface area contributed by atoms with Gasteiger partial charge in [0.25, 0.3) is 0 Å². The summed E-state index contributed by atoms with van der Waals surface area (Å²) in [5.74, 6) is 2.61. The smallest absolute Gasteiger partial charge is 0.153 e. The van der Waals surface area contributed by atoms with Crippen molar-refractivity contribution in [1.82, 2.24) is 4.98 Å². The fraction of sp³-hybridized carbons (Fsp3) is 0.455. The first-order valence-electron chi connectivity index (χ1n) is 5.03. The number of pyridine rings is 1. The van der Waals surface area contributed by atoms with E-state index in [9.17, 15) is 4.79 Å². The minimum atomic E-state index is 0.716. The van der Waals surface area contributed by atoms with Gasteiger partial charge in [-0.2, -0.15) is 0 Å². The normalized spacial score (nSPS) is 28.7. The molecule has 0 aromatic carbocycles. The van der Waals surface area contributed by atoms with Crippen molar-refractivity contribution in [2.24, 2.45) is 11.8 Å². The highest BCUT2D eigenvalue weighted by Crippen LogP contribution is 2.46. The molecule has 0 spiro atoms. The number of fused-ring (bicyclic) bond motifs is 1. The average Bonchev–Trinajstić information content (AvgIpc) is 2.86. The molecule has 3 heteroatoms. The van der Waals surface area contributed by atoms with Gasteiger partial charge in [-0.25, -0.2) is 4.98 Å². The second-order valence-electron chi connectivity index (χ2n) is 4.19. The molecule has 3 rings (SSSR count). The van der Waals surface area contributed by atoms with E-state index in [2.05, 4.69) is 9.88 Å². The van der Waals surface area contributed by atoms with E-state index >= 15 is 0 Å². The molecule has 3 nitrogen and oxygen atoms in total. The van der Waals surface area contributed by atoms with Crippen LogP contribution >= 0.6 is 0 Å². The number of piperidine rings is 1. The summed E-state index contributed by atoms with van der Waals surface area (Å²) < 4.78 is 0. The lowest BCUT2D eigenvalue weighted by Crippen LogP contribution is -2.24. The second kappa shape index (κ2) is 2.80. The van der Waals surface area contributed by atoms with Gasteiger partial charge in [0.2, 0.25) is 0 Å². The van der Waals surface area contributed by atoms with Crippen LogP contribution in [0.5, 0.6) is 0 Å². The van der Waals surface area contributed by atoms with Gasteiger partial charge in [0.15, 0.2) is 6.29 Å². The summed E-state index contributed by atoms with van der Waals surface area (Å²) >= 11 is 0. The minimum Gasteiger partial charge on any atom is -0.355 e. The minimum absolute atomic E-state index is 0.716. The van der Waals surface area contributed by atoms with Crippen molar-refractivity contribution in [3.05, 3.63) is 23.9 Å². The van der Waals surface area contributed by atoms with Gasteiger partial charge in [0.1, 0.15) is 5.82 Å². The van der Waals surface area contributed by atoms with Crippen LogP contribution in [-0.4, -0.2) is 24.4 Å². The van der Waals surface area contributed by atoms with Crippen LogP contribution in [0.1, 0.15) is 16.8 Å². The zero-order valence-corrected chi connectivity index (χ0v) is 7.89. The highest BCUT2D eigenvalue weighted by molar-refractivity contribution is 5.82. The number of carbonyl (C=O) groups excluding carboxylic acids is 1. The summed E-state index contributed by atoms with van der Waals surface area (Å²) in [5.41, 5.74) is 0.716. The maximum atomic E-state index is 10.8. The number of anilines is 1. The summed E-state index contributed by atoms with van der Waals surface area (Å²) in [7, 11) is 0. The van der Waals surface area contributed by atoms with Crippen molar-refractivity contribution >= 4 is 12.1 Å². The molecule has 2 heterocycles. The van der Waals surface area contributed by atoms with E-state index in [0.29, 0.717) is 5.56 Å². The molecule has 1 saturated carbocycles. The Morgan fingerprint density at radius 3 is 2.93 bits per heavy atom. The monoisotopic (exact) mass is 188 g/mol. The van der Waals surface area contributed by atoms with E-state index < -0.39 is 0 Å². The molecule has 1 aliphatic heterocycles. The van der Waals surface area contributed by atoms with Crippen LogP contribution in [0.25, 0.3) is 0 Å². The number of aldehydes is 1. The number of aromatic nitrogens is 1. The van der Waals surface area contributed by atoms with Crippen LogP contribution in [0.4, 0.5) is 5.82 Å². The third-order valence-corrected chi connectivity index (χ3v) is 3.22. The van der Waals surface area contributed by atoms with E-state index in [-0.39, 0.29) is 0 Å². The molecule has 0 bridgehead atoms. The van der Waals surface area contributed by atoms with Crippen molar-refractivity contribution in [2.45, 2.75) is 6.42 Å². The van der Waals surface area contributed by atoms with Crippen LogP contribution in [0.3, 0.4) is 0 Å². The third-order valence-electron chi connectivity index (χ3n) is 3.22. The molecule has 1 aromatic rings. The van der Waals surface area contributed by atoms with E-state index in [1.807, 2.05) is 12.1 Å². The van der Waals surface area contributed by atoms with Crippen LogP contribution in [-0.2, 0) is 0 Å². The molecular weight excluding hydrogens is 176 g/mol. The Labute approximate surface area is 82.8 Å². The van der Waals surface area contributed by atoms with Crippen LogP contribution < -0.4 is 4.90 Å². The Morgan fingerprint density at radius 1 is 1.43 bits per heavy atom. The summed E-state index contributed by atoms with van der Waals surface area (Å²) in [6.45, 7) is 2.17.